The second kappa shape index (κ2) is 6.12. The molecular weight excluding hydrogens is 258 g/mol. The first-order valence-electron chi connectivity index (χ1n) is 6.20. The van der Waals surface area contributed by atoms with E-state index in [4.69, 9.17) is 10.5 Å². The van der Waals surface area contributed by atoms with Crippen molar-refractivity contribution in [3.8, 4) is 5.75 Å². The average Bonchev–Trinajstić information content (AvgIpc) is 2.67. The number of para-hydroxylation sites is 1. The van der Waals surface area contributed by atoms with Crippen molar-refractivity contribution in [3.05, 3.63) is 35.5 Å². The Morgan fingerprint density at radius 3 is 2.79 bits per heavy atom. The van der Waals surface area contributed by atoms with Gasteiger partial charge in [-0.2, -0.15) is 5.10 Å². The van der Waals surface area contributed by atoms with Gasteiger partial charge in [0, 0.05) is 12.6 Å². The fraction of sp³-hybridized carbons (Fsp3) is 0.357. The van der Waals surface area contributed by atoms with Gasteiger partial charge in [0.1, 0.15) is 10.8 Å². The van der Waals surface area contributed by atoms with E-state index in [1.165, 1.54) is 5.56 Å². The molecule has 0 saturated heterocycles. The topological polar surface area (TPSA) is 53.1 Å². The highest BCUT2D eigenvalue weighted by atomic mass is 32.2. The van der Waals surface area contributed by atoms with Crippen molar-refractivity contribution < 1.29 is 4.74 Å². The number of nitrogens with two attached hydrogens (primary N) is 1. The van der Waals surface area contributed by atoms with E-state index in [1.807, 2.05) is 36.9 Å². The predicted molar refractivity (Wildman–Crippen MR) is 77.8 cm³/mol. The normalized spacial score (nSPS) is 10.7. The summed E-state index contributed by atoms with van der Waals surface area (Å²) in [4.78, 5) is 1.09. The van der Waals surface area contributed by atoms with Gasteiger partial charge in [0.15, 0.2) is 0 Å². The van der Waals surface area contributed by atoms with E-state index in [0.29, 0.717) is 6.54 Å². The summed E-state index contributed by atoms with van der Waals surface area (Å²) >= 11 is 1.67. The zero-order chi connectivity index (χ0) is 13.8. The monoisotopic (exact) mass is 277 g/mol. The van der Waals surface area contributed by atoms with Crippen LogP contribution in [0.3, 0.4) is 0 Å². The number of rotatable bonds is 5. The van der Waals surface area contributed by atoms with Crippen LogP contribution in [0.5, 0.6) is 5.75 Å². The zero-order valence-corrected chi connectivity index (χ0v) is 12.3. The van der Waals surface area contributed by atoms with Crippen molar-refractivity contribution in [1.29, 1.82) is 0 Å². The van der Waals surface area contributed by atoms with E-state index in [9.17, 15) is 0 Å². The molecule has 0 radical (unpaired) electrons. The number of hydrogen-bond acceptors (Lipinski definition) is 4. The molecular formula is C14H19N3OS. The molecule has 2 aromatic rings. The lowest BCUT2D eigenvalue weighted by molar-refractivity contribution is 0.405. The van der Waals surface area contributed by atoms with E-state index in [1.54, 1.807) is 18.9 Å². The highest BCUT2D eigenvalue weighted by molar-refractivity contribution is 7.99. The van der Waals surface area contributed by atoms with Gasteiger partial charge in [-0.3, -0.25) is 4.68 Å². The van der Waals surface area contributed by atoms with Crippen LogP contribution in [0, 0.1) is 6.92 Å². The third-order valence-corrected chi connectivity index (χ3v) is 4.22. The number of ether oxygens (including phenoxy) is 1. The van der Waals surface area contributed by atoms with Crippen molar-refractivity contribution >= 4 is 11.8 Å². The molecule has 0 bridgehead atoms. The minimum absolute atomic E-state index is 0.631. The predicted octanol–water partition coefficient (Wildman–Crippen LogP) is 2.39. The van der Waals surface area contributed by atoms with Crippen molar-refractivity contribution in [2.75, 3.05) is 13.7 Å². The van der Waals surface area contributed by atoms with Gasteiger partial charge in [0.2, 0.25) is 0 Å². The number of hydrogen-bond donors (Lipinski definition) is 1. The quantitative estimate of drug-likeness (QED) is 0.911. The van der Waals surface area contributed by atoms with E-state index >= 15 is 0 Å². The summed E-state index contributed by atoms with van der Waals surface area (Å²) < 4.78 is 7.30. The van der Waals surface area contributed by atoms with Gasteiger partial charge in [0.05, 0.1) is 17.7 Å². The van der Waals surface area contributed by atoms with Gasteiger partial charge in [-0.05, 0) is 32.0 Å². The molecule has 5 heteroatoms. The summed E-state index contributed by atoms with van der Waals surface area (Å²) in [5, 5.41) is 5.61. The van der Waals surface area contributed by atoms with E-state index in [-0.39, 0.29) is 0 Å². The van der Waals surface area contributed by atoms with Gasteiger partial charge >= 0.3 is 0 Å². The number of benzene rings is 1. The Morgan fingerprint density at radius 2 is 2.11 bits per heavy atom. The van der Waals surface area contributed by atoms with Crippen LogP contribution in [0.15, 0.2) is 34.2 Å². The highest BCUT2D eigenvalue weighted by Gasteiger charge is 2.15. The average molecular weight is 277 g/mol. The summed E-state index contributed by atoms with van der Waals surface area (Å²) in [6.07, 6.45) is 0.844. The Balaban J connectivity index is 2.37. The fourth-order valence-electron chi connectivity index (χ4n) is 2.05. The maximum atomic E-state index is 5.69. The van der Waals surface area contributed by atoms with Crippen LogP contribution in [0.1, 0.15) is 11.3 Å². The molecule has 1 aromatic heterocycles. The molecule has 0 aliphatic heterocycles. The number of aromatic nitrogens is 2. The molecule has 4 nitrogen and oxygen atoms in total. The molecule has 0 unspecified atom stereocenters. The Kier molecular flexibility index (Phi) is 4.50. The number of methoxy groups -OCH3 is 1. The molecule has 1 aromatic carbocycles. The number of aryl methyl sites for hydroxylation is 2. The Hall–Kier alpha value is -1.46. The second-order valence-corrected chi connectivity index (χ2v) is 5.31. The van der Waals surface area contributed by atoms with E-state index in [0.717, 1.165) is 27.8 Å². The van der Waals surface area contributed by atoms with Crippen molar-refractivity contribution in [2.45, 2.75) is 23.3 Å². The van der Waals surface area contributed by atoms with Crippen molar-refractivity contribution in [1.82, 2.24) is 9.78 Å². The minimum Gasteiger partial charge on any atom is -0.496 e. The maximum absolute atomic E-state index is 5.69. The third-order valence-electron chi connectivity index (χ3n) is 2.96. The van der Waals surface area contributed by atoms with Gasteiger partial charge in [-0.1, -0.05) is 23.9 Å². The van der Waals surface area contributed by atoms with Crippen LogP contribution in [0.4, 0.5) is 0 Å². The Labute approximate surface area is 117 Å². The van der Waals surface area contributed by atoms with Crippen molar-refractivity contribution in [2.24, 2.45) is 12.8 Å². The summed E-state index contributed by atoms with van der Waals surface area (Å²) in [6, 6.07) is 8.00. The SMILES string of the molecule is COc1ccccc1Sc1c(CCN)c(C)nn1C. The van der Waals surface area contributed by atoms with Crippen molar-refractivity contribution in [3.63, 3.8) is 0 Å². The van der Waals surface area contributed by atoms with E-state index in [2.05, 4.69) is 11.2 Å². The van der Waals surface area contributed by atoms with Crippen LogP contribution in [0.2, 0.25) is 0 Å². The lowest BCUT2D eigenvalue weighted by Crippen LogP contribution is -2.04. The Bertz CT molecular complexity index is 566. The lowest BCUT2D eigenvalue weighted by atomic mass is 10.2. The van der Waals surface area contributed by atoms with Gasteiger partial charge in [-0.25, -0.2) is 0 Å². The minimum atomic E-state index is 0.631. The molecule has 1 heterocycles. The van der Waals surface area contributed by atoms with Crippen LogP contribution in [-0.4, -0.2) is 23.4 Å². The second-order valence-electron chi connectivity index (χ2n) is 4.28. The molecule has 2 rings (SSSR count). The van der Waals surface area contributed by atoms with Gasteiger partial charge in [0.25, 0.3) is 0 Å². The summed E-state index contributed by atoms with van der Waals surface area (Å²) in [7, 11) is 3.65. The largest absolute Gasteiger partial charge is 0.496 e. The maximum Gasteiger partial charge on any atom is 0.132 e. The first-order chi connectivity index (χ1) is 9.17. The first kappa shape index (κ1) is 14.0. The summed E-state index contributed by atoms with van der Waals surface area (Å²) in [5.74, 6) is 0.880. The smallest absolute Gasteiger partial charge is 0.132 e. The third kappa shape index (κ3) is 2.93. The fourth-order valence-corrected chi connectivity index (χ4v) is 3.20. The first-order valence-corrected chi connectivity index (χ1v) is 7.02. The number of nitrogens with zero attached hydrogens (tertiary/aromatic N) is 2. The van der Waals surface area contributed by atoms with Crippen LogP contribution in [-0.2, 0) is 13.5 Å². The standard InChI is InChI=1S/C14H19N3OS/c1-10-11(8-9-15)14(17(2)16-10)19-13-7-5-4-6-12(13)18-3/h4-7H,8-9,15H2,1-3H3. The molecule has 0 aliphatic carbocycles. The lowest BCUT2D eigenvalue weighted by Gasteiger charge is -2.09. The van der Waals surface area contributed by atoms with Crippen LogP contribution < -0.4 is 10.5 Å². The molecule has 0 spiro atoms. The Morgan fingerprint density at radius 1 is 1.37 bits per heavy atom. The van der Waals surface area contributed by atoms with Gasteiger partial charge in [-0.15, -0.1) is 0 Å². The van der Waals surface area contributed by atoms with E-state index < -0.39 is 0 Å². The van der Waals surface area contributed by atoms with Gasteiger partial charge < -0.3 is 10.5 Å². The summed E-state index contributed by atoms with van der Waals surface area (Å²) in [6.45, 7) is 2.66. The molecule has 102 valence electrons. The molecule has 0 amide bonds. The molecule has 0 aliphatic rings. The molecule has 0 fully saturated rings. The molecule has 0 saturated carbocycles. The molecule has 19 heavy (non-hydrogen) atoms. The van der Waals surface area contributed by atoms with Crippen LogP contribution in [0.25, 0.3) is 0 Å². The molecule has 2 N–H and O–H groups in total. The summed E-state index contributed by atoms with van der Waals surface area (Å²) in [5.41, 5.74) is 7.96. The highest BCUT2D eigenvalue weighted by Crippen LogP contribution is 2.37. The van der Waals surface area contributed by atoms with Crippen LogP contribution >= 0.6 is 11.8 Å². The molecule has 0 atom stereocenters. The zero-order valence-electron chi connectivity index (χ0n) is 11.5.